The molecule has 3 rings (SSSR count). The van der Waals surface area contributed by atoms with Gasteiger partial charge in [-0.1, -0.05) is 0 Å². The molecule has 1 aromatic heterocycles. The van der Waals surface area contributed by atoms with E-state index in [1.54, 1.807) is 7.11 Å². The molecule has 4 heteroatoms. The van der Waals surface area contributed by atoms with Crippen molar-refractivity contribution in [2.24, 2.45) is 0 Å². The van der Waals surface area contributed by atoms with Gasteiger partial charge in [-0.15, -0.1) is 0 Å². The Morgan fingerprint density at radius 3 is 2.40 bits per heavy atom. The number of hydrogen-bond donors (Lipinski definition) is 2. The van der Waals surface area contributed by atoms with Gasteiger partial charge in [-0.05, 0) is 48.5 Å². The van der Waals surface area contributed by atoms with E-state index in [9.17, 15) is 0 Å². The minimum Gasteiger partial charge on any atom is -0.497 e. The molecule has 0 spiro atoms. The average Bonchev–Trinajstić information content (AvgIpc) is 2.48. The summed E-state index contributed by atoms with van der Waals surface area (Å²) in [5, 5.41) is 0.877. The predicted molar refractivity (Wildman–Crippen MR) is 82.6 cm³/mol. The second-order valence-electron chi connectivity index (χ2n) is 4.60. The van der Waals surface area contributed by atoms with Crippen LogP contribution in [0, 0.1) is 0 Å². The van der Waals surface area contributed by atoms with Crippen molar-refractivity contribution in [3.8, 4) is 17.0 Å². The lowest BCUT2D eigenvalue weighted by Crippen LogP contribution is -1.94. The maximum atomic E-state index is 6.10. The summed E-state index contributed by atoms with van der Waals surface area (Å²) in [5.74, 6) is 0.815. The standard InChI is InChI=1S/C16H15N3O/c1-20-12-5-2-10(3-6-12)16-9-14(18)13-8-11(17)4-7-15(13)19-16/h2-9H,17H2,1H3,(H2,18,19). The van der Waals surface area contributed by atoms with Crippen LogP contribution in [0.3, 0.4) is 0 Å². The van der Waals surface area contributed by atoms with Gasteiger partial charge in [0.15, 0.2) is 0 Å². The number of nitrogen functional groups attached to an aromatic ring is 2. The zero-order valence-electron chi connectivity index (χ0n) is 11.1. The number of benzene rings is 2. The van der Waals surface area contributed by atoms with Crippen molar-refractivity contribution in [3.63, 3.8) is 0 Å². The topological polar surface area (TPSA) is 74.2 Å². The number of pyridine rings is 1. The molecule has 0 fully saturated rings. The van der Waals surface area contributed by atoms with Crippen LogP contribution in [0.4, 0.5) is 11.4 Å². The molecule has 0 aliphatic carbocycles. The van der Waals surface area contributed by atoms with Gasteiger partial charge in [-0.25, -0.2) is 4.98 Å². The molecule has 100 valence electrons. The smallest absolute Gasteiger partial charge is 0.118 e. The van der Waals surface area contributed by atoms with Gasteiger partial charge >= 0.3 is 0 Å². The zero-order chi connectivity index (χ0) is 14.1. The Labute approximate surface area is 117 Å². The van der Waals surface area contributed by atoms with Crippen LogP contribution in [-0.4, -0.2) is 12.1 Å². The molecule has 0 amide bonds. The first-order chi connectivity index (χ1) is 9.67. The SMILES string of the molecule is COc1ccc(-c2cc(N)c3cc(N)ccc3n2)cc1. The highest BCUT2D eigenvalue weighted by atomic mass is 16.5. The van der Waals surface area contributed by atoms with E-state index in [-0.39, 0.29) is 0 Å². The van der Waals surface area contributed by atoms with Gasteiger partial charge in [-0.3, -0.25) is 0 Å². The van der Waals surface area contributed by atoms with Gasteiger partial charge in [0.25, 0.3) is 0 Å². The first-order valence-corrected chi connectivity index (χ1v) is 6.27. The average molecular weight is 265 g/mol. The second-order valence-corrected chi connectivity index (χ2v) is 4.60. The van der Waals surface area contributed by atoms with Crippen molar-refractivity contribution in [2.45, 2.75) is 0 Å². The third kappa shape index (κ3) is 2.12. The summed E-state index contributed by atoms with van der Waals surface area (Å²) in [6.07, 6.45) is 0. The second kappa shape index (κ2) is 4.74. The molecule has 0 aliphatic heterocycles. The number of nitrogens with two attached hydrogens (primary N) is 2. The Bertz CT molecular complexity index is 767. The fourth-order valence-electron chi connectivity index (χ4n) is 2.18. The van der Waals surface area contributed by atoms with Gasteiger partial charge in [-0.2, -0.15) is 0 Å². The first kappa shape index (κ1) is 12.3. The van der Waals surface area contributed by atoms with E-state index in [4.69, 9.17) is 16.2 Å². The van der Waals surface area contributed by atoms with Crippen LogP contribution in [0.15, 0.2) is 48.5 Å². The Morgan fingerprint density at radius 1 is 0.950 bits per heavy atom. The molecule has 20 heavy (non-hydrogen) atoms. The van der Waals surface area contributed by atoms with Gasteiger partial charge in [0, 0.05) is 22.3 Å². The number of nitrogens with zero attached hydrogens (tertiary/aromatic N) is 1. The third-order valence-corrected chi connectivity index (χ3v) is 3.25. The number of fused-ring (bicyclic) bond motifs is 1. The molecule has 0 saturated heterocycles. The maximum Gasteiger partial charge on any atom is 0.118 e. The quantitative estimate of drug-likeness (QED) is 0.698. The highest BCUT2D eigenvalue weighted by Gasteiger charge is 2.06. The number of anilines is 2. The van der Waals surface area contributed by atoms with E-state index < -0.39 is 0 Å². The maximum absolute atomic E-state index is 6.10. The summed E-state index contributed by atoms with van der Waals surface area (Å²) in [4.78, 5) is 4.63. The molecule has 1 heterocycles. The monoisotopic (exact) mass is 265 g/mol. The van der Waals surface area contributed by atoms with Crippen molar-refractivity contribution >= 4 is 22.3 Å². The fraction of sp³-hybridized carbons (Fsp3) is 0.0625. The van der Waals surface area contributed by atoms with E-state index in [1.807, 2.05) is 48.5 Å². The molecule has 2 aromatic carbocycles. The van der Waals surface area contributed by atoms with Gasteiger partial charge < -0.3 is 16.2 Å². The zero-order valence-corrected chi connectivity index (χ0v) is 11.1. The first-order valence-electron chi connectivity index (χ1n) is 6.27. The number of methoxy groups -OCH3 is 1. The summed E-state index contributed by atoms with van der Waals surface area (Å²) in [6.45, 7) is 0. The van der Waals surface area contributed by atoms with Crippen molar-refractivity contribution in [3.05, 3.63) is 48.5 Å². The van der Waals surface area contributed by atoms with Gasteiger partial charge in [0.1, 0.15) is 5.75 Å². The molecule has 4 nitrogen and oxygen atoms in total. The largest absolute Gasteiger partial charge is 0.497 e. The Balaban J connectivity index is 2.14. The lowest BCUT2D eigenvalue weighted by molar-refractivity contribution is 0.415. The van der Waals surface area contributed by atoms with Crippen LogP contribution in [-0.2, 0) is 0 Å². The minimum absolute atomic E-state index is 0.674. The number of ether oxygens (including phenoxy) is 1. The normalized spacial score (nSPS) is 10.7. The van der Waals surface area contributed by atoms with E-state index in [0.717, 1.165) is 27.9 Å². The third-order valence-electron chi connectivity index (χ3n) is 3.25. The van der Waals surface area contributed by atoms with Gasteiger partial charge in [0.2, 0.25) is 0 Å². The van der Waals surface area contributed by atoms with Crippen LogP contribution in [0.2, 0.25) is 0 Å². The summed E-state index contributed by atoms with van der Waals surface area (Å²) >= 11 is 0. The summed E-state index contributed by atoms with van der Waals surface area (Å²) < 4.78 is 5.15. The van der Waals surface area contributed by atoms with E-state index in [2.05, 4.69) is 4.98 Å². The van der Waals surface area contributed by atoms with E-state index >= 15 is 0 Å². The highest BCUT2D eigenvalue weighted by molar-refractivity contribution is 5.94. The number of rotatable bonds is 2. The molecule has 0 unspecified atom stereocenters. The highest BCUT2D eigenvalue weighted by Crippen LogP contribution is 2.28. The van der Waals surface area contributed by atoms with Crippen LogP contribution in [0.1, 0.15) is 0 Å². The van der Waals surface area contributed by atoms with Gasteiger partial charge in [0.05, 0.1) is 18.3 Å². The molecule has 0 radical (unpaired) electrons. The molecular formula is C16H15N3O. The number of hydrogen-bond acceptors (Lipinski definition) is 4. The molecule has 0 aliphatic rings. The molecule has 0 atom stereocenters. The van der Waals surface area contributed by atoms with Crippen molar-refractivity contribution in [1.82, 2.24) is 4.98 Å². The van der Waals surface area contributed by atoms with E-state index in [1.165, 1.54) is 0 Å². The Kier molecular flexibility index (Phi) is 2.91. The number of aromatic nitrogens is 1. The molecular weight excluding hydrogens is 250 g/mol. The van der Waals surface area contributed by atoms with Crippen molar-refractivity contribution < 1.29 is 4.74 Å². The lowest BCUT2D eigenvalue weighted by atomic mass is 10.1. The van der Waals surface area contributed by atoms with Crippen LogP contribution in [0.5, 0.6) is 5.75 Å². The Morgan fingerprint density at radius 2 is 1.70 bits per heavy atom. The Hall–Kier alpha value is -2.75. The molecule has 0 saturated carbocycles. The summed E-state index contributed by atoms with van der Waals surface area (Å²) in [5.41, 5.74) is 15.9. The molecule has 4 N–H and O–H groups in total. The van der Waals surface area contributed by atoms with Crippen molar-refractivity contribution in [1.29, 1.82) is 0 Å². The van der Waals surface area contributed by atoms with Crippen LogP contribution < -0.4 is 16.2 Å². The fourth-order valence-corrected chi connectivity index (χ4v) is 2.18. The van der Waals surface area contributed by atoms with Crippen LogP contribution in [0.25, 0.3) is 22.2 Å². The summed E-state index contributed by atoms with van der Waals surface area (Å²) in [6, 6.07) is 15.1. The lowest BCUT2D eigenvalue weighted by Gasteiger charge is -2.08. The molecule has 0 bridgehead atoms. The van der Waals surface area contributed by atoms with Crippen LogP contribution >= 0.6 is 0 Å². The van der Waals surface area contributed by atoms with E-state index in [0.29, 0.717) is 11.4 Å². The van der Waals surface area contributed by atoms with Crippen molar-refractivity contribution in [2.75, 3.05) is 18.6 Å². The predicted octanol–water partition coefficient (Wildman–Crippen LogP) is 3.07. The summed E-state index contributed by atoms with van der Waals surface area (Å²) in [7, 11) is 1.64. The molecule has 3 aromatic rings. The minimum atomic E-state index is 0.674.